The average molecular weight is 215 g/mol. The summed E-state index contributed by atoms with van der Waals surface area (Å²) in [5, 5.41) is 0.894. The number of anilines is 1. The summed E-state index contributed by atoms with van der Waals surface area (Å²) >= 11 is 1.66. The number of hydrogen-bond acceptors (Lipinski definition) is 2. The third kappa shape index (κ3) is 1.55. The molecule has 1 aromatic carbocycles. The molecule has 0 atom stereocenters. The standard InChI is InChI=1S/C13H13NS/c14-13-7-6-12(15-13)11-5-4-9-2-1-3-10(9)8-11/h4-8H,1-3,14H2. The van der Waals surface area contributed by atoms with Crippen LogP contribution >= 0.6 is 11.3 Å². The third-order valence-corrected chi connectivity index (χ3v) is 3.97. The number of nitrogens with two attached hydrogens (primary N) is 1. The van der Waals surface area contributed by atoms with Crippen LogP contribution in [0.3, 0.4) is 0 Å². The van der Waals surface area contributed by atoms with E-state index >= 15 is 0 Å². The van der Waals surface area contributed by atoms with Crippen LogP contribution in [-0.2, 0) is 12.8 Å². The van der Waals surface area contributed by atoms with Crippen molar-refractivity contribution in [2.75, 3.05) is 5.73 Å². The van der Waals surface area contributed by atoms with Crippen LogP contribution in [-0.4, -0.2) is 0 Å². The van der Waals surface area contributed by atoms with Crippen LogP contribution in [0.4, 0.5) is 5.00 Å². The lowest BCUT2D eigenvalue weighted by Crippen LogP contribution is -1.82. The lowest BCUT2D eigenvalue weighted by molar-refractivity contribution is 0.912. The molecule has 1 aliphatic rings. The summed E-state index contributed by atoms with van der Waals surface area (Å²) < 4.78 is 0. The minimum Gasteiger partial charge on any atom is -0.391 e. The Morgan fingerprint density at radius 2 is 1.87 bits per heavy atom. The zero-order chi connectivity index (χ0) is 10.3. The van der Waals surface area contributed by atoms with Gasteiger partial charge in [0.25, 0.3) is 0 Å². The minimum absolute atomic E-state index is 0.894. The molecular weight excluding hydrogens is 202 g/mol. The van der Waals surface area contributed by atoms with Crippen molar-refractivity contribution in [2.24, 2.45) is 0 Å². The maximum absolute atomic E-state index is 5.75. The van der Waals surface area contributed by atoms with Gasteiger partial charge >= 0.3 is 0 Å². The summed E-state index contributed by atoms with van der Waals surface area (Å²) in [5.74, 6) is 0. The normalized spacial score (nSPS) is 14.1. The lowest BCUT2D eigenvalue weighted by Gasteiger charge is -2.02. The van der Waals surface area contributed by atoms with Crippen LogP contribution in [0.15, 0.2) is 30.3 Å². The van der Waals surface area contributed by atoms with Gasteiger partial charge in [0, 0.05) is 4.88 Å². The number of thiophene rings is 1. The van der Waals surface area contributed by atoms with Crippen molar-refractivity contribution in [3.8, 4) is 10.4 Å². The topological polar surface area (TPSA) is 26.0 Å². The van der Waals surface area contributed by atoms with Crippen LogP contribution < -0.4 is 5.73 Å². The van der Waals surface area contributed by atoms with Crippen molar-refractivity contribution in [3.63, 3.8) is 0 Å². The van der Waals surface area contributed by atoms with Gasteiger partial charge in [-0.3, -0.25) is 0 Å². The predicted octanol–water partition coefficient (Wildman–Crippen LogP) is 3.49. The molecule has 1 heterocycles. The van der Waals surface area contributed by atoms with Crippen molar-refractivity contribution in [3.05, 3.63) is 41.5 Å². The maximum atomic E-state index is 5.75. The van der Waals surface area contributed by atoms with Crippen molar-refractivity contribution >= 4 is 16.3 Å². The first kappa shape index (κ1) is 8.98. The Hall–Kier alpha value is -1.28. The Labute approximate surface area is 93.6 Å². The molecular formula is C13H13NS. The first-order valence-electron chi connectivity index (χ1n) is 5.30. The van der Waals surface area contributed by atoms with E-state index in [4.69, 9.17) is 5.73 Å². The highest BCUT2D eigenvalue weighted by Crippen LogP contribution is 2.32. The molecule has 0 aliphatic heterocycles. The highest BCUT2D eigenvalue weighted by Gasteiger charge is 2.11. The molecule has 15 heavy (non-hydrogen) atoms. The number of benzene rings is 1. The van der Waals surface area contributed by atoms with Crippen LogP contribution in [0.2, 0.25) is 0 Å². The van der Waals surface area contributed by atoms with E-state index in [1.807, 2.05) is 6.07 Å². The highest BCUT2D eigenvalue weighted by molar-refractivity contribution is 7.19. The Bertz CT molecular complexity index is 499. The maximum Gasteiger partial charge on any atom is 0.0862 e. The Balaban J connectivity index is 2.06. The molecule has 0 saturated heterocycles. The van der Waals surface area contributed by atoms with Crippen molar-refractivity contribution in [1.29, 1.82) is 0 Å². The number of hydrogen-bond donors (Lipinski definition) is 1. The molecule has 0 amide bonds. The van der Waals surface area contributed by atoms with Crippen LogP contribution in [0.1, 0.15) is 17.5 Å². The summed E-state index contributed by atoms with van der Waals surface area (Å²) in [4.78, 5) is 1.28. The molecule has 1 aliphatic carbocycles. The molecule has 0 fully saturated rings. The minimum atomic E-state index is 0.894. The fourth-order valence-electron chi connectivity index (χ4n) is 2.23. The van der Waals surface area contributed by atoms with Gasteiger partial charge in [0.05, 0.1) is 5.00 Å². The second-order valence-electron chi connectivity index (χ2n) is 4.04. The van der Waals surface area contributed by atoms with E-state index in [0.29, 0.717) is 0 Å². The monoisotopic (exact) mass is 215 g/mol. The van der Waals surface area contributed by atoms with E-state index in [-0.39, 0.29) is 0 Å². The predicted molar refractivity (Wildman–Crippen MR) is 66.2 cm³/mol. The van der Waals surface area contributed by atoms with E-state index < -0.39 is 0 Å². The smallest absolute Gasteiger partial charge is 0.0862 e. The Kier molecular flexibility index (Phi) is 2.03. The number of rotatable bonds is 1. The Morgan fingerprint density at radius 1 is 1.00 bits per heavy atom. The zero-order valence-electron chi connectivity index (χ0n) is 8.49. The van der Waals surface area contributed by atoms with Crippen LogP contribution in [0, 0.1) is 0 Å². The SMILES string of the molecule is Nc1ccc(-c2ccc3c(c2)CCC3)s1. The Morgan fingerprint density at radius 3 is 2.67 bits per heavy atom. The van der Waals surface area contributed by atoms with Gasteiger partial charge in [-0.25, -0.2) is 0 Å². The fraction of sp³-hybridized carbons (Fsp3) is 0.231. The summed E-state index contributed by atoms with van der Waals surface area (Å²) in [6.45, 7) is 0. The van der Waals surface area contributed by atoms with Gasteiger partial charge in [-0.05, 0) is 48.1 Å². The first-order valence-corrected chi connectivity index (χ1v) is 6.12. The van der Waals surface area contributed by atoms with Crippen molar-refractivity contribution in [2.45, 2.75) is 19.3 Å². The largest absolute Gasteiger partial charge is 0.391 e. The zero-order valence-corrected chi connectivity index (χ0v) is 9.31. The van der Waals surface area contributed by atoms with E-state index in [1.165, 1.54) is 40.8 Å². The van der Waals surface area contributed by atoms with Crippen molar-refractivity contribution < 1.29 is 0 Å². The summed E-state index contributed by atoms with van der Waals surface area (Å²) in [7, 11) is 0. The average Bonchev–Trinajstić information content (AvgIpc) is 2.84. The molecule has 0 saturated carbocycles. The molecule has 1 nitrogen and oxygen atoms in total. The molecule has 2 aromatic rings. The van der Waals surface area contributed by atoms with E-state index in [0.717, 1.165) is 5.00 Å². The fourth-order valence-corrected chi connectivity index (χ4v) is 3.00. The van der Waals surface area contributed by atoms with E-state index in [9.17, 15) is 0 Å². The quantitative estimate of drug-likeness (QED) is 0.774. The third-order valence-electron chi connectivity index (χ3n) is 3.01. The first-order chi connectivity index (χ1) is 7.33. The molecule has 2 heteroatoms. The number of fused-ring (bicyclic) bond motifs is 1. The van der Waals surface area contributed by atoms with Gasteiger partial charge < -0.3 is 5.73 Å². The van der Waals surface area contributed by atoms with Gasteiger partial charge in [0.1, 0.15) is 0 Å². The molecule has 3 rings (SSSR count). The summed E-state index contributed by atoms with van der Waals surface area (Å²) in [6.07, 6.45) is 3.80. The van der Waals surface area contributed by atoms with Gasteiger partial charge in [0.2, 0.25) is 0 Å². The molecule has 76 valence electrons. The van der Waals surface area contributed by atoms with Gasteiger partial charge in [-0.15, -0.1) is 11.3 Å². The summed E-state index contributed by atoms with van der Waals surface area (Å²) in [5.41, 5.74) is 10.1. The van der Waals surface area contributed by atoms with Crippen LogP contribution in [0.25, 0.3) is 10.4 Å². The second-order valence-corrected chi connectivity index (χ2v) is 5.15. The van der Waals surface area contributed by atoms with E-state index in [2.05, 4.69) is 24.3 Å². The van der Waals surface area contributed by atoms with Crippen molar-refractivity contribution in [1.82, 2.24) is 0 Å². The second kappa shape index (κ2) is 3.38. The molecule has 1 aromatic heterocycles. The molecule has 0 unspecified atom stereocenters. The van der Waals surface area contributed by atoms with Gasteiger partial charge in [-0.2, -0.15) is 0 Å². The number of aryl methyl sites for hydroxylation is 2. The van der Waals surface area contributed by atoms with Gasteiger partial charge in [-0.1, -0.05) is 18.2 Å². The van der Waals surface area contributed by atoms with Crippen LogP contribution in [0.5, 0.6) is 0 Å². The van der Waals surface area contributed by atoms with Gasteiger partial charge in [0.15, 0.2) is 0 Å². The molecule has 0 bridgehead atoms. The highest BCUT2D eigenvalue weighted by atomic mass is 32.1. The van der Waals surface area contributed by atoms with E-state index in [1.54, 1.807) is 11.3 Å². The molecule has 0 spiro atoms. The molecule has 2 N–H and O–H groups in total. The lowest BCUT2D eigenvalue weighted by atomic mass is 10.1. The number of nitrogen functional groups attached to an aromatic ring is 1. The summed E-state index contributed by atoms with van der Waals surface area (Å²) in [6, 6.07) is 10.9. The molecule has 0 radical (unpaired) electrons.